The second-order valence-corrected chi connectivity index (χ2v) is 5.87. The van der Waals surface area contributed by atoms with Gasteiger partial charge in [0.2, 0.25) is 0 Å². The highest BCUT2D eigenvalue weighted by Gasteiger charge is 2.30. The number of nitrogens with zero attached hydrogens (tertiary/aromatic N) is 2. The lowest BCUT2D eigenvalue weighted by Gasteiger charge is -2.44. The van der Waals surface area contributed by atoms with Crippen molar-refractivity contribution in [2.45, 2.75) is 38.4 Å². The van der Waals surface area contributed by atoms with Crippen LogP contribution in [-0.4, -0.2) is 67.8 Å². The first-order chi connectivity index (χ1) is 8.08. The van der Waals surface area contributed by atoms with E-state index in [9.17, 15) is 0 Å². The molecule has 4 atom stereocenters. The van der Waals surface area contributed by atoms with Crippen molar-refractivity contribution in [2.24, 2.45) is 11.7 Å². The van der Waals surface area contributed by atoms with Gasteiger partial charge in [-0.2, -0.15) is 0 Å². The summed E-state index contributed by atoms with van der Waals surface area (Å²) in [4.78, 5) is 5.03. The standard InChI is InChI=1S/C13H27N3O/c1-10-6-16(7-11(2)15(10)3)8-12-9-17-5-4-13(12)14/h10-13H,4-9,14H2,1-3H3. The Kier molecular flexibility index (Phi) is 4.42. The van der Waals surface area contributed by atoms with Crippen molar-refractivity contribution in [3.8, 4) is 0 Å². The van der Waals surface area contributed by atoms with Crippen LogP contribution in [0.25, 0.3) is 0 Å². The van der Waals surface area contributed by atoms with E-state index in [1.54, 1.807) is 0 Å². The van der Waals surface area contributed by atoms with Crippen molar-refractivity contribution in [2.75, 3.05) is 39.9 Å². The van der Waals surface area contributed by atoms with Crippen LogP contribution in [0.5, 0.6) is 0 Å². The smallest absolute Gasteiger partial charge is 0.0521 e. The monoisotopic (exact) mass is 241 g/mol. The molecule has 2 rings (SSSR count). The Morgan fingerprint density at radius 3 is 2.47 bits per heavy atom. The SMILES string of the molecule is CC1CN(CC2COCCC2N)CC(C)N1C. The van der Waals surface area contributed by atoms with Crippen LogP contribution >= 0.6 is 0 Å². The summed E-state index contributed by atoms with van der Waals surface area (Å²) in [6.45, 7) is 9.71. The molecule has 2 saturated heterocycles. The molecule has 0 aromatic rings. The topological polar surface area (TPSA) is 41.7 Å². The van der Waals surface area contributed by atoms with Gasteiger partial charge in [0.1, 0.15) is 0 Å². The molecule has 0 bridgehead atoms. The number of likely N-dealkylation sites (N-methyl/N-ethyl adjacent to an activating group) is 1. The van der Waals surface area contributed by atoms with E-state index in [2.05, 4.69) is 30.7 Å². The molecule has 2 N–H and O–H groups in total. The Morgan fingerprint density at radius 2 is 1.88 bits per heavy atom. The predicted molar refractivity (Wildman–Crippen MR) is 70.0 cm³/mol. The van der Waals surface area contributed by atoms with Gasteiger partial charge < -0.3 is 10.5 Å². The van der Waals surface area contributed by atoms with Gasteiger partial charge in [-0.15, -0.1) is 0 Å². The van der Waals surface area contributed by atoms with Gasteiger partial charge in [-0.25, -0.2) is 0 Å². The van der Waals surface area contributed by atoms with E-state index in [1.165, 1.54) is 0 Å². The fourth-order valence-corrected chi connectivity index (χ4v) is 3.00. The minimum absolute atomic E-state index is 0.328. The number of hydrogen-bond acceptors (Lipinski definition) is 4. The highest BCUT2D eigenvalue weighted by molar-refractivity contribution is 4.86. The Hall–Kier alpha value is -0.160. The van der Waals surface area contributed by atoms with Crippen molar-refractivity contribution in [1.82, 2.24) is 9.80 Å². The van der Waals surface area contributed by atoms with Crippen LogP contribution in [0.15, 0.2) is 0 Å². The zero-order chi connectivity index (χ0) is 12.4. The highest BCUT2D eigenvalue weighted by Crippen LogP contribution is 2.18. The first-order valence-corrected chi connectivity index (χ1v) is 6.85. The van der Waals surface area contributed by atoms with Crippen molar-refractivity contribution < 1.29 is 4.74 Å². The van der Waals surface area contributed by atoms with Crippen LogP contribution in [-0.2, 0) is 4.74 Å². The van der Waals surface area contributed by atoms with Crippen molar-refractivity contribution in [1.29, 1.82) is 0 Å². The van der Waals surface area contributed by atoms with E-state index in [0.29, 0.717) is 24.0 Å². The van der Waals surface area contributed by atoms with Crippen LogP contribution in [0.4, 0.5) is 0 Å². The third-order valence-corrected chi connectivity index (χ3v) is 4.46. The van der Waals surface area contributed by atoms with E-state index in [1.807, 2.05) is 0 Å². The van der Waals surface area contributed by atoms with Gasteiger partial charge in [-0.3, -0.25) is 9.80 Å². The maximum atomic E-state index is 6.18. The molecule has 0 aliphatic carbocycles. The van der Waals surface area contributed by atoms with E-state index in [0.717, 1.165) is 39.3 Å². The molecule has 0 radical (unpaired) electrons. The molecular formula is C13H27N3O. The summed E-state index contributed by atoms with van der Waals surface area (Å²) in [5.74, 6) is 0.520. The number of rotatable bonds is 2. The third-order valence-electron chi connectivity index (χ3n) is 4.46. The van der Waals surface area contributed by atoms with Crippen LogP contribution in [0.1, 0.15) is 20.3 Å². The minimum atomic E-state index is 0.328. The Morgan fingerprint density at radius 1 is 1.24 bits per heavy atom. The quantitative estimate of drug-likeness (QED) is 0.759. The van der Waals surface area contributed by atoms with E-state index in [4.69, 9.17) is 10.5 Å². The number of piperazine rings is 1. The first kappa shape index (κ1) is 13.3. The number of nitrogens with two attached hydrogens (primary N) is 1. The van der Waals surface area contributed by atoms with Gasteiger partial charge in [0.15, 0.2) is 0 Å². The molecule has 0 spiro atoms. The number of ether oxygens (including phenoxy) is 1. The average Bonchev–Trinajstić information content (AvgIpc) is 2.29. The molecule has 2 aliphatic rings. The molecule has 2 heterocycles. The highest BCUT2D eigenvalue weighted by atomic mass is 16.5. The molecule has 17 heavy (non-hydrogen) atoms. The molecule has 4 heteroatoms. The second-order valence-electron chi connectivity index (χ2n) is 5.87. The van der Waals surface area contributed by atoms with Gasteiger partial charge >= 0.3 is 0 Å². The van der Waals surface area contributed by atoms with Crippen molar-refractivity contribution in [3.63, 3.8) is 0 Å². The van der Waals surface area contributed by atoms with Crippen LogP contribution in [0.3, 0.4) is 0 Å². The Labute approximate surface area is 105 Å². The van der Waals surface area contributed by atoms with E-state index < -0.39 is 0 Å². The van der Waals surface area contributed by atoms with Crippen LogP contribution in [0, 0.1) is 5.92 Å². The second kappa shape index (κ2) is 5.65. The lowest BCUT2D eigenvalue weighted by molar-refractivity contribution is 0.00135. The normalized spacial score (nSPS) is 41.6. The molecule has 4 unspecified atom stereocenters. The lowest BCUT2D eigenvalue weighted by Crippen LogP contribution is -2.57. The largest absolute Gasteiger partial charge is 0.381 e. The Balaban J connectivity index is 1.86. The van der Waals surface area contributed by atoms with Crippen LogP contribution in [0.2, 0.25) is 0 Å². The average molecular weight is 241 g/mol. The molecule has 0 aromatic heterocycles. The summed E-state index contributed by atoms with van der Waals surface area (Å²) in [6.07, 6.45) is 1.02. The Bertz CT molecular complexity index is 237. The van der Waals surface area contributed by atoms with Gasteiger partial charge in [0, 0.05) is 50.3 Å². The van der Waals surface area contributed by atoms with Gasteiger partial charge in [0.05, 0.1) is 6.61 Å². The zero-order valence-electron chi connectivity index (χ0n) is 11.4. The fraction of sp³-hybridized carbons (Fsp3) is 1.00. The van der Waals surface area contributed by atoms with Crippen LogP contribution < -0.4 is 5.73 Å². The predicted octanol–water partition coefficient (Wildman–Crippen LogP) is 0.375. The zero-order valence-corrected chi connectivity index (χ0v) is 11.4. The summed E-state index contributed by atoms with van der Waals surface area (Å²) in [5, 5.41) is 0. The fourth-order valence-electron chi connectivity index (χ4n) is 3.00. The molecule has 2 aliphatic heterocycles. The van der Waals surface area contributed by atoms with Gasteiger partial charge in [-0.05, 0) is 27.3 Å². The molecule has 0 aromatic carbocycles. The summed E-state index contributed by atoms with van der Waals surface area (Å²) >= 11 is 0. The third kappa shape index (κ3) is 3.19. The maximum absolute atomic E-state index is 6.18. The molecule has 2 fully saturated rings. The van der Waals surface area contributed by atoms with E-state index in [-0.39, 0.29) is 0 Å². The summed E-state index contributed by atoms with van der Waals surface area (Å²) in [7, 11) is 2.22. The van der Waals surface area contributed by atoms with E-state index >= 15 is 0 Å². The number of hydrogen-bond donors (Lipinski definition) is 1. The molecular weight excluding hydrogens is 214 g/mol. The lowest BCUT2D eigenvalue weighted by atomic mass is 9.95. The molecule has 100 valence electrons. The minimum Gasteiger partial charge on any atom is -0.381 e. The molecule has 0 saturated carbocycles. The molecule has 4 nitrogen and oxygen atoms in total. The molecule has 0 amide bonds. The summed E-state index contributed by atoms with van der Waals surface area (Å²) < 4.78 is 5.55. The van der Waals surface area contributed by atoms with Gasteiger partial charge in [-0.1, -0.05) is 0 Å². The van der Waals surface area contributed by atoms with Crippen molar-refractivity contribution in [3.05, 3.63) is 0 Å². The van der Waals surface area contributed by atoms with Gasteiger partial charge in [0.25, 0.3) is 0 Å². The summed E-state index contributed by atoms with van der Waals surface area (Å²) in [6, 6.07) is 1.60. The maximum Gasteiger partial charge on any atom is 0.0521 e. The first-order valence-electron chi connectivity index (χ1n) is 6.85. The summed E-state index contributed by atoms with van der Waals surface area (Å²) in [5.41, 5.74) is 6.18. The van der Waals surface area contributed by atoms with Crippen molar-refractivity contribution >= 4 is 0 Å².